The number of hydrogen-bond donors (Lipinski definition) is 4. The molecule has 1 aromatic carbocycles. The lowest BCUT2D eigenvalue weighted by molar-refractivity contribution is 0.601. The van der Waals surface area contributed by atoms with E-state index < -0.39 is 15.7 Å². The number of nitrogens with zero attached hydrogens (tertiary/aromatic N) is 2. The highest BCUT2D eigenvalue weighted by atomic mass is 32.2. The zero-order chi connectivity index (χ0) is 16.0. The topological polar surface area (TPSA) is 136 Å². The van der Waals surface area contributed by atoms with Gasteiger partial charge in [0.1, 0.15) is 0 Å². The van der Waals surface area contributed by atoms with E-state index in [1.54, 1.807) is 18.3 Å². The van der Waals surface area contributed by atoms with Crippen LogP contribution in [0.15, 0.2) is 46.2 Å². The number of aromatic amines is 3. The van der Waals surface area contributed by atoms with Gasteiger partial charge in [-0.1, -0.05) is 0 Å². The SMILES string of the molecule is O=c1[nH]c2ccc(S(=O)(=O)Nc3n[nH]c4ncccc34)cc2[nH]1. The maximum Gasteiger partial charge on any atom is 0.323 e. The molecule has 0 aliphatic rings. The number of H-pyrrole nitrogens is 3. The van der Waals surface area contributed by atoms with E-state index in [0.29, 0.717) is 22.1 Å². The molecule has 0 spiro atoms. The molecule has 0 atom stereocenters. The van der Waals surface area contributed by atoms with E-state index in [1.165, 1.54) is 18.2 Å². The second-order valence-corrected chi connectivity index (χ2v) is 6.55. The maximum atomic E-state index is 12.5. The van der Waals surface area contributed by atoms with Crippen LogP contribution in [-0.2, 0) is 10.0 Å². The molecule has 0 fully saturated rings. The number of benzene rings is 1. The Bertz CT molecular complexity index is 1190. The van der Waals surface area contributed by atoms with Crippen molar-refractivity contribution in [2.45, 2.75) is 4.90 Å². The Kier molecular flexibility index (Phi) is 2.75. The predicted octanol–water partition coefficient (Wildman–Crippen LogP) is 0.928. The van der Waals surface area contributed by atoms with Crippen molar-refractivity contribution in [1.29, 1.82) is 0 Å². The first-order valence-corrected chi connectivity index (χ1v) is 8.05. The summed E-state index contributed by atoms with van der Waals surface area (Å²) in [7, 11) is -3.85. The Morgan fingerprint density at radius 1 is 1.09 bits per heavy atom. The van der Waals surface area contributed by atoms with Crippen molar-refractivity contribution in [1.82, 2.24) is 25.1 Å². The largest absolute Gasteiger partial charge is 0.323 e. The Labute approximate surface area is 128 Å². The molecule has 4 aromatic rings. The third kappa shape index (κ3) is 2.25. The summed E-state index contributed by atoms with van der Waals surface area (Å²) in [5, 5.41) is 7.15. The summed E-state index contributed by atoms with van der Waals surface area (Å²) < 4.78 is 27.4. The van der Waals surface area contributed by atoms with Gasteiger partial charge in [0.2, 0.25) is 0 Å². The molecule has 0 aliphatic carbocycles. The summed E-state index contributed by atoms with van der Waals surface area (Å²) >= 11 is 0. The molecule has 4 rings (SSSR count). The van der Waals surface area contributed by atoms with Gasteiger partial charge in [-0.3, -0.25) is 9.82 Å². The Morgan fingerprint density at radius 2 is 1.91 bits per heavy atom. The van der Waals surface area contributed by atoms with Crippen LogP contribution in [0.1, 0.15) is 0 Å². The molecule has 0 bridgehead atoms. The van der Waals surface area contributed by atoms with Crippen LogP contribution < -0.4 is 10.4 Å². The number of aromatic nitrogens is 5. The molecule has 3 heterocycles. The first kappa shape index (κ1) is 13.5. The standard InChI is InChI=1S/C13H10N6O3S/c20-13-15-9-4-3-7(6-10(9)16-13)23(21,22)19-12-8-2-1-5-14-11(8)17-18-12/h1-6H,(H2,15,16,20)(H2,14,17,18,19). The molecule has 10 heteroatoms. The van der Waals surface area contributed by atoms with Gasteiger partial charge in [0.25, 0.3) is 10.0 Å². The third-order valence-electron chi connectivity index (χ3n) is 3.37. The number of imidazole rings is 1. The third-order valence-corrected chi connectivity index (χ3v) is 4.70. The first-order valence-electron chi connectivity index (χ1n) is 6.57. The minimum Gasteiger partial charge on any atom is -0.306 e. The van der Waals surface area contributed by atoms with E-state index >= 15 is 0 Å². The molecule has 0 aliphatic heterocycles. The van der Waals surface area contributed by atoms with Crippen LogP contribution >= 0.6 is 0 Å². The van der Waals surface area contributed by atoms with Gasteiger partial charge in [-0.15, -0.1) is 0 Å². The highest BCUT2D eigenvalue weighted by Crippen LogP contribution is 2.22. The van der Waals surface area contributed by atoms with Gasteiger partial charge in [-0.2, -0.15) is 5.10 Å². The van der Waals surface area contributed by atoms with Crippen LogP contribution in [0.2, 0.25) is 0 Å². The highest BCUT2D eigenvalue weighted by molar-refractivity contribution is 7.92. The van der Waals surface area contributed by atoms with Gasteiger partial charge in [0.15, 0.2) is 11.5 Å². The molecular weight excluding hydrogens is 320 g/mol. The second-order valence-electron chi connectivity index (χ2n) is 4.86. The van der Waals surface area contributed by atoms with E-state index in [2.05, 4.69) is 29.9 Å². The van der Waals surface area contributed by atoms with Crippen LogP contribution in [0.25, 0.3) is 22.1 Å². The molecule has 0 unspecified atom stereocenters. The maximum absolute atomic E-state index is 12.5. The summed E-state index contributed by atoms with van der Waals surface area (Å²) in [6.45, 7) is 0. The average molecular weight is 330 g/mol. The fourth-order valence-electron chi connectivity index (χ4n) is 2.30. The molecule has 116 valence electrons. The predicted molar refractivity (Wildman–Crippen MR) is 83.6 cm³/mol. The van der Waals surface area contributed by atoms with E-state index in [9.17, 15) is 13.2 Å². The number of rotatable bonds is 3. The fraction of sp³-hybridized carbons (Fsp3) is 0. The number of pyridine rings is 1. The Hall–Kier alpha value is -3.14. The quantitative estimate of drug-likeness (QED) is 0.443. The lowest BCUT2D eigenvalue weighted by atomic mass is 10.3. The molecule has 0 saturated carbocycles. The summed E-state index contributed by atoms with van der Waals surface area (Å²) in [5.41, 5.74) is 1.03. The van der Waals surface area contributed by atoms with Crippen molar-refractivity contribution in [2.24, 2.45) is 0 Å². The molecule has 0 radical (unpaired) electrons. The first-order chi connectivity index (χ1) is 11.0. The number of sulfonamides is 1. The second kappa shape index (κ2) is 4.68. The van der Waals surface area contributed by atoms with Crippen molar-refractivity contribution in [3.8, 4) is 0 Å². The van der Waals surface area contributed by atoms with Crippen LogP contribution in [0.4, 0.5) is 5.82 Å². The molecule has 23 heavy (non-hydrogen) atoms. The van der Waals surface area contributed by atoms with E-state index in [-0.39, 0.29) is 10.7 Å². The molecule has 0 amide bonds. The van der Waals surface area contributed by atoms with Gasteiger partial charge in [0.05, 0.1) is 21.3 Å². The zero-order valence-electron chi connectivity index (χ0n) is 11.5. The zero-order valence-corrected chi connectivity index (χ0v) is 12.3. The number of nitrogens with one attached hydrogen (secondary N) is 4. The fourth-order valence-corrected chi connectivity index (χ4v) is 3.35. The molecular formula is C13H10N6O3S. The Morgan fingerprint density at radius 3 is 2.78 bits per heavy atom. The van der Waals surface area contributed by atoms with Crippen molar-refractivity contribution in [3.05, 3.63) is 47.0 Å². The van der Waals surface area contributed by atoms with Gasteiger partial charge in [-0.25, -0.2) is 18.2 Å². The normalized spacial score (nSPS) is 12.0. The van der Waals surface area contributed by atoms with Crippen molar-refractivity contribution in [3.63, 3.8) is 0 Å². The monoisotopic (exact) mass is 330 g/mol. The van der Waals surface area contributed by atoms with Gasteiger partial charge < -0.3 is 9.97 Å². The lowest BCUT2D eigenvalue weighted by Crippen LogP contribution is -2.13. The molecule has 4 N–H and O–H groups in total. The van der Waals surface area contributed by atoms with E-state index in [4.69, 9.17) is 0 Å². The van der Waals surface area contributed by atoms with Gasteiger partial charge >= 0.3 is 5.69 Å². The summed E-state index contributed by atoms with van der Waals surface area (Å²) in [4.78, 5) is 20.4. The summed E-state index contributed by atoms with van der Waals surface area (Å²) in [6.07, 6.45) is 1.58. The van der Waals surface area contributed by atoms with Gasteiger partial charge in [0, 0.05) is 6.20 Å². The minimum absolute atomic E-state index is 0.0142. The van der Waals surface area contributed by atoms with Crippen molar-refractivity contribution >= 4 is 37.9 Å². The average Bonchev–Trinajstić information content (AvgIpc) is 3.09. The van der Waals surface area contributed by atoms with Gasteiger partial charge in [-0.05, 0) is 30.3 Å². The smallest absolute Gasteiger partial charge is 0.306 e. The summed E-state index contributed by atoms with van der Waals surface area (Å²) in [5.74, 6) is 0.163. The van der Waals surface area contributed by atoms with Crippen molar-refractivity contribution in [2.75, 3.05) is 4.72 Å². The van der Waals surface area contributed by atoms with Crippen LogP contribution in [-0.4, -0.2) is 33.6 Å². The van der Waals surface area contributed by atoms with Crippen LogP contribution in [0.5, 0.6) is 0 Å². The molecule has 9 nitrogen and oxygen atoms in total. The number of fused-ring (bicyclic) bond motifs is 2. The van der Waals surface area contributed by atoms with E-state index in [1.807, 2.05) is 0 Å². The summed E-state index contributed by atoms with van der Waals surface area (Å²) in [6, 6.07) is 7.69. The molecule has 0 saturated heterocycles. The van der Waals surface area contributed by atoms with E-state index in [0.717, 1.165) is 0 Å². The number of anilines is 1. The van der Waals surface area contributed by atoms with Crippen LogP contribution in [0.3, 0.4) is 0 Å². The minimum atomic E-state index is -3.85. The van der Waals surface area contributed by atoms with Crippen molar-refractivity contribution < 1.29 is 8.42 Å². The Balaban J connectivity index is 1.78. The highest BCUT2D eigenvalue weighted by Gasteiger charge is 2.18. The lowest BCUT2D eigenvalue weighted by Gasteiger charge is -2.05. The van der Waals surface area contributed by atoms with Crippen LogP contribution in [0, 0.1) is 0 Å². The molecule has 3 aromatic heterocycles. The number of hydrogen-bond acceptors (Lipinski definition) is 5.